The minimum atomic E-state index is 0.175. The van der Waals surface area contributed by atoms with Gasteiger partial charge in [-0.15, -0.1) is 11.3 Å². The number of hydrogen-bond donors (Lipinski definition) is 1. The van der Waals surface area contributed by atoms with E-state index in [0.29, 0.717) is 0 Å². The maximum atomic E-state index is 5.87. The van der Waals surface area contributed by atoms with Crippen LogP contribution in [0.2, 0.25) is 0 Å². The first kappa shape index (κ1) is 15.3. The molecule has 20 heavy (non-hydrogen) atoms. The summed E-state index contributed by atoms with van der Waals surface area (Å²) >= 11 is 1.73. The van der Waals surface area contributed by atoms with Crippen LogP contribution >= 0.6 is 11.3 Å². The second-order valence-corrected chi connectivity index (χ2v) is 6.94. The van der Waals surface area contributed by atoms with Gasteiger partial charge >= 0.3 is 0 Å². The zero-order valence-electron chi connectivity index (χ0n) is 12.8. The first-order valence-corrected chi connectivity index (χ1v) is 8.14. The monoisotopic (exact) mass is 292 g/mol. The van der Waals surface area contributed by atoms with Crippen molar-refractivity contribution in [3.63, 3.8) is 0 Å². The third-order valence-corrected chi connectivity index (χ3v) is 4.10. The molecule has 0 saturated heterocycles. The van der Waals surface area contributed by atoms with E-state index < -0.39 is 0 Å². The molecule has 0 aliphatic heterocycles. The number of aromatic nitrogens is 1. The van der Waals surface area contributed by atoms with Gasteiger partial charge in [-0.25, -0.2) is 4.98 Å². The third-order valence-electron chi connectivity index (χ3n) is 3.13. The SMILES string of the molecule is CCc1ccsc1-c1cnc(CCCNC(C)(C)C)o1. The van der Waals surface area contributed by atoms with Gasteiger partial charge < -0.3 is 9.73 Å². The topological polar surface area (TPSA) is 38.1 Å². The number of thiophene rings is 1. The van der Waals surface area contributed by atoms with Crippen LogP contribution in [-0.4, -0.2) is 17.1 Å². The Morgan fingerprint density at radius 1 is 1.35 bits per heavy atom. The Morgan fingerprint density at radius 3 is 2.85 bits per heavy atom. The zero-order chi connectivity index (χ0) is 14.6. The first-order chi connectivity index (χ1) is 9.49. The van der Waals surface area contributed by atoms with Gasteiger partial charge in [-0.1, -0.05) is 6.92 Å². The fraction of sp³-hybridized carbons (Fsp3) is 0.562. The van der Waals surface area contributed by atoms with Crippen LogP contribution in [0.5, 0.6) is 0 Å². The average molecular weight is 292 g/mol. The van der Waals surface area contributed by atoms with Crippen molar-refractivity contribution >= 4 is 11.3 Å². The molecule has 2 heterocycles. The van der Waals surface area contributed by atoms with Gasteiger partial charge in [0.15, 0.2) is 11.7 Å². The van der Waals surface area contributed by atoms with E-state index in [9.17, 15) is 0 Å². The molecule has 0 spiro atoms. The van der Waals surface area contributed by atoms with Crippen molar-refractivity contribution in [1.29, 1.82) is 0 Å². The molecule has 2 aromatic heterocycles. The van der Waals surface area contributed by atoms with Gasteiger partial charge in [0, 0.05) is 12.0 Å². The molecule has 4 heteroatoms. The number of aryl methyl sites for hydroxylation is 2. The molecular weight excluding hydrogens is 268 g/mol. The summed E-state index contributed by atoms with van der Waals surface area (Å²) in [4.78, 5) is 5.62. The lowest BCUT2D eigenvalue weighted by Gasteiger charge is -2.19. The van der Waals surface area contributed by atoms with Crippen molar-refractivity contribution < 1.29 is 4.42 Å². The van der Waals surface area contributed by atoms with E-state index in [1.54, 1.807) is 11.3 Å². The van der Waals surface area contributed by atoms with Gasteiger partial charge in [0.1, 0.15) is 0 Å². The molecule has 0 radical (unpaired) electrons. The summed E-state index contributed by atoms with van der Waals surface area (Å²) in [5, 5.41) is 5.59. The number of nitrogens with zero attached hydrogens (tertiary/aromatic N) is 1. The quantitative estimate of drug-likeness (QED) is 0.807. The average Bonchev–Trinajstić information content (AvgIpc) is 3.01. The molecule has 0 atom stereocenters. The normalized spacial score (nSPS) is 12.0. The Kier molecular flexibility index (Phi) is 5.00. The highest BCUT2D eigenvalue weighted by atomic mass is 32.1. The van der Waals surface area contributed by atoms with Gasteiger partial charge in [-0.05, 0) is 57.2 Å². The van der Waals surface area contributed by atoms with Crippen LogP contribution in [-0.2, 0) is 12.8 Å². The summed E-state index contributed by atoms with van der Waals surface area (Å²) < 4.78 is 5.87. The summed E-state index contributed by atoms with van der Waals surface area (Å²) in [5.74, 6) is 1.75. The van der Waals surface area contributed by atoms with Crippen LogP contribution in [0, 0.1) is 0 Å². The first-order valence-electron chi connectivity index (χ1n) is 7.26. The summed E-state index contributed by atoms with van der Waals surface area (Å²) in [5.41, 5.74) is 1.52. The van der Waals surface area contributed by atoms with E-state index in [-0.39, 0.29) is 5.54 Å². The van der Waals surface area contributed by atoms with Crippen molar-refractivity contribution in [2.24, 2.45) is 0 Å². The van der Waals surface area contributed by atoms with Crippen LogP contribution in [0.1, 0.15) is 45.6 Å². The lowest BCUT2D eigenvalue weighted by Crippen LogP contribution is -2.36. The molecule has 3 nitrogen and oxygen atoms in total. The van der Waals surface area contributed by atoms with Crippen LogP contribution in [0.25, 0.3) is 10.6 Å². The summed E-state index contributed by atoms with van der Waals surface area (Å²) in [6.45, 7) is 9.69. The number of oxazole rings is 1. The highest BCUT2D eigenvalue weighted by Crippen LogP contribution is 2.30. The second kappa shape index (κ2) is 6.55. The molecule has 0 saturated carbocycles. The maximum absolute atomic E-state index is 5.87. The van der Waals surface area contributed by atoms with E-state index in [2.05, 4.69) is 49.4 Å². The van der Waals surface area contributed by atoms with Crippen molar-refractivity contribution in [3.05, 3.63) is 29.1 Å². The Labute approximate surface area is 125 Å². The molecule has 0 aliphatic carbocycles. The Balaban J connectivity index is 1.90. The molecule has 0 amide bonds. The van der Waals surface area contributed by atoms with E-state index in [4.69, 9.17) is 4.42 Å². The zero-order valence-corrected chi connectivity index (χ0v) is 13.6. The van der Waals surface area contributed by atoms with E-state index >= 15 is 0 Å². The molecule has 1 N–H and O–H groups in total. The fourth-order valence-electron chi connectivity index (χ4n) is 2.06. The smallest absolute Gasteiger partial charge is 0.194 e. The number of nitrogens with one attached hydrogen (secondary N) is 1. The van der Waals surface area contributed by atoms with E-state index in [1.165, 1.54) is 10.4 Å². The molecule has 0 fully saturated rings. The minimum absolute atomic E-state index is 0.175. The number of hydrogen-bond acceptors (Lipinski definition) is 4. The predicted octanol–water partition coefficient (Wildman–Crippen LogP) is 4.29. The van der Waals surface area contributed by atoms with Gasteiger partial charge in [-0.2, -0.15) is 0 Å². The van der Waals surface area contributed by atoms with Crippen LogP contribution < -0.4 is 5.32 Å². The standard InChI is InChI=1S/C16H24N2OS/c1-5-12-8-10-20-15(12)13-11-17-14(19-13)7-6-9-18-16(2,3)4/h8,10-11,18H,5-7,9H2,1-4H3. The molecule has 2 rings (SSSR count). The largest absolute Gasteiger partial charge is 0.440 e. The van der Waals surface area contributed by atoms with Crippen molar-refractivity contribution in [3.8, 4) is 10.6 Å². The molecular formula is C16H24N2OS. The Morgan fingerprint density at radius 2 is 2.15 bits per heavy atom. The van der Waals surface area contributed by atoms with E-state index in [0.717, 1.165) is 37.5 Å². The van der Waals surface area contributed by atoms with Crippen LogP contribution in [0.4, 0.5) is 0 Å². The van der Waals surface area contributed by atoms with Crippen molar-refractivity contribution in [1.82, 2.24) is 10.3 Å². The van der Waals surface area contributed by atoms with Gasteiger partial charge in [0.05, 0.1) is 11.1 Å². The molecule has 0 bridgehead atoms. The highest BCUT2D eigenvalue weighted by Gasteiger charge is 2.12. The highest BCUT2D eigenvalue weighted by molar-refractivity contribution is 7.13. The lowest BCUT2D eigenvalue weighted by atomic mass is 10.1. The maximum Gasteiger partial charge on any atom is 0.194 e. The summed E-state index contributed by atoms with van der Waals surface area (Å²) in [6, 6.07) is 2.16. The second-order valence-electron chi connectivity index (χ2n) is 6.03. The summed E-state index contributed by atoms with van der Waals surface area (Å²) in [7, 11) is 0. The fourth-order valence-corrected chi connectivity index (χ4v) is 3.01. The van der Waals surface area contributed by atoms with Gasteiger partial charge in [0.25, 0.3) is 0 Å². The molecule has 110 valence electrons. The van der Waals surface area contributed by atoms with Gasteiger partial charge in [0.2, 0.25) is 0 Å². The van der Waals surface area contributed by atoms with Crippen LogP contribution in [0.15, 0.2) is 22.1 Å². The third kappa shape index (κ3) is 4.18. The Bertz CT molecular complexity index is 537. The van der Waals surface area contributed by atoms with Crippen molar-refractivity contribution in [2.75, 3.05) is 6.54 Å². The molecule has 2 aromatic rings. The van der Waals surface area contributed by atoms with Crippen molar-refractivity contribution in [2.45, 2.75) is 52.5 Å². The Hall–Kier alpha value is -1.13. The molecule has 0 aromatic carbocycles. The van der Waals surface area contributed by atoms with E-state index in [1.807, 2.05) is 6.20 Å². The summed E-state index contributed by atoms with van der Waals surface area (Å²) in [6.07, 6.45) is 4.82. The molecule has 0 aliphatic rings. The van der Waals surface area contributed by atoms with Gasteiger partial charge in [-0.3, -0.25) is 0 Å². The molecule has 0 unspecified atom stereocenters. The number of rotatable bonds is 6. The van der Waals surface area contributed by atoms with Crippen LogP contribution in [0.3, 0.4) is 0 Å². The lowest BCUT2D eigenvalue weighted by molar-refractivity contribution is 0.413. The predicted molar refractivity (Wildman–Crippen MR) is 85.3 cm³/mol. The minimum Gasteiger partial charge on any atom is -0.440 e.